The number of hydrogen-bond acceptors (Lipinski definition) is 10. The Bertz CT molecular complexity index is 1520. The molecule has 0 saturated heterocycles. The second-order valence-electron chi connectivity index (χ2n) is 13.6. The molecule has 0 aliphatic carbocycles. The average molecular weight is 974 g/mol. The Morgan fingerprint density at radius 1 is 0.660 bits per heavy atom. The lowest BCUT2D eigenvalue weighted by atomic mass is 9.98. The van der Waals surface area contributed by atoms with Crippen molar-refractivity contribution in [1.82, 2.24) is 26.6 Å². The Morgan fingerprint density at radius 2 is 1.08 bits per heavy atom. The van der Waals surface area contributed by atoms with Gasteiger partial charge in [0.1, 0.15) is 36.0 Å². The Kier molecular flexibility index (Phi) is 19.4. The lowest BCUT2D eigenvalue weighted by Crippen LogP contribution is -2.61. The highest BCUT2D eigenvalue weighted by atomic mass is 127. The van der Waals surface area contributed by atoms with Crippen molar-refractivity contribution in [1.29, 1.82) is 0 Å². The first kappa shape index (κ1) is 47.2. The number of halogens is 2. The van der Waals surface area contributed by atoms with E-state index >= 15 is 0 Å². The van der Waals surface area contributed by atoms with E-state index < -0.39 is 108 Å². The van der Waals surface area contributed by atoms with E-state index in [4.69, 9.17) is 11.5 Å². The summed E-state index contributed by atoms with van der Waals surface area (Å²) in [7, 11) is 0. The zero-order chi connectivity index (χ0) is 40.9. The van der Waals surface area contributed by atoms with E-state index in [1.165, 1.54) is 0 Å². The number of nitrogens with two attached hydrogens (primary N) is 2. The van der Waals surface area contributed by atoms with Crippen LogP contribution in [-0.4, -0.2) is 99.0 Å². The number of carboxylic acids is 2. The van der Waals surface area contributed by atoms with Gasteiger partial charge in [-0.15, -0.1) is 0 Å². The van der Waals surface area contributed by atoms with Crippen LogP contribution in [0.2, 0.25) is 0 Å². The van der Waals surface area contributed by atoms with E-state index in [0.29, 0.717) is 12.7 Å². The molecule has 0 aliphatic rings. The summed E-state index contributed by atoms with van der Waals surface area (Å²) in [6.07, 6.45) is -1.65. The van der Waals surface area contributed by atoms with Crippen LogP contribution < -0.4 is 38.1 Å². The molecule has 12 N–H and O–H groups in total. The van der Waals surface area contributed by atoms with Crippen LogP contribution in [-0.2, 0) is 44.8 Å². The number of rotatable bonds is 21. The third kappa shape index (κ3) is 16.0. The molecule has 20 heteroatoms. The second-order valence-corrected chi connectivity index (χ2v) is 15.9. The molecule has 0 aliphatic heterocycles. The highest BCUT2D eigenvalue weighted by Gasteiger charge is 2.35. The van der Waals surface area contributed by atoms with Crippen molar-refractivity contribution in [2.24, 2.45) is 29.2 Å². The Morgan fingerprint density at radius 3 is 1.49 bits per heavy atom. The largest absolute Gasteiger partial charge is 0.506 e. The maximum atomic E-state index is 13.5. The molecule has 0 bridgehead atoms. The molecule has 1 aromatic carbocycles. The average Bonchev–Trinajstić information content (AvgIpc) is 3.02. The number of carbonyl (C=O) groups is 8. The molecule has 6 atom stereocenters. The molecule has 0 saturated carbocycles. The summed E-state index contributed by atoms with van der Waals surface area (Å²) in [5.74, 6) is -9.76. The smallest absolute Gasteiger partial charge is 0.326 e. The van der Waals surface area contributed by atoms with Gasteiger partial charge in [-0.05, 0) is 93.5 Å². The summed E-state index contributed by atoms with van der Waals surface area (Å²) in [5, 5.41) is 40.7. The molecule has 0 spiro atoms. The Balaban J connectivity index is 3.17. The fraction of sp³-hybridized carbons (Fsp3) is 0.576. The van der Waals surface area contributed by atoms with Crippen molar-refractivity contribution in [3.05, 3.63) is 24.8 Å². The van der Waals surface area contributed by atoms with Crippen molar-refractivity contribution in [2.45, 2.75) is 103 Å². The summed E-state index contributed by atoms with van der Waals surface area (Å²) in [6.45, 7) is 9.89. The summed E-state index contributed by atoms with van der Waals surface area (Å²) in [5.41, 5.74) is 12.2. The minimum Gasteiger partial charge on any atom is -0.506 e. The van der Waals surface area contributed by atoms with Gasteiger partial charge in [-0.2, -0.15) is 0 Å². The van der Waals surface area contributed by atoms with Crippen LogP contribution in [0.5, 0.6) is 5.75 Å². The molecule has 0 unspecified atom stereocenters. The van der Waals surface area contributed by atoms with E-state index in [0.717, 1.165) is 0 Å². The lowest BCUT2D eigenvalue weighted by molar-refractivity contribution is -0.144. The molecule has 6 amide bonds. The fourth-order valence-electron chi connectivity index (χ4n) is 4.95. The van der Waals surface area contributed by atoms with Gasteiger partial charge in [-0.1, -0.05) is 41.5 Å². The van der Waals surface area contributed by atoms with E-state index in [1.54, 1.807) is 53.7 Å². The standard InChI is InChI=1S/C33H49I2N7O11/c1-13(2)7-22(33(52)53)40-30(49)21(12-24(44)45)38-29(48)20(11-23(37)43)39-31(50)25(14(3)4)42-32(51)26(15(5)6)41-28(47)19(36)10-16-8-17(34)27(46)18(35)9-16/h8-9,13-15,19-22,25-26,46H,7,10-12,36H2,1-6H3,(H2,37,43)(H,38,48)(H,39,50)(H,40,49)(H,41,47)(H,42,51)(H,44,45)(H,52,53)/t19-,20-,21-,22-,25-,26-/m0/s1. The van der Waals surface area contributed by atoms with Crippen LogP contribution in [0.25, 0.3) is 0 Å². The predicted molar refractivity (Wildman–Crippen MR) is 208 cm³/mol. The van der Waals surface area contributed by atoms with Crippen LogP contribution in [0.4, 0.5) is 0 Å². The van der Waals surface area contributed by atoms with Gasteiger partial charge in [0.05, 0.1) is 26.0 Å². The predicted octanol–water partition coefficient (Wildman–Crippen LogP) is -0.312. The number of hydrogen-bond donors (Lipinski definition) is 10. The van der Waals surface area contributed by atoms with Gasteiger partial charge < -0.3 is 53.4 Å². The van der Waals surface area contributed by atoms with Crippen molar-refractivity contribution >= 4 is 92.6 Å². The fourth-order valence-corrected chi connectivity index (χ4v) is 6.85. The number of carboxylic acid groups (broad SMARTS) is 2. The maximum absolute atomic E-state index is 13.5. The summed E-state index contributed by atoms with van der Waals surface area (Å²) >= 11 is 3.90. The molecule has 0 radical (unpaired) electrons. The van der Waals surface area contributed by atoms with Crippen LogP contribution in [0.15, 0.2) is 12.1 Å². The number of aromatic hydroxyl groups is 1. The zero-order valence-corrected chi connectivity index (χ0v) is 34.5. The number of phenolic OH excluding ortho intramolecular Hbond substituents is 1. The summed E-state index contributed by atoms with van der Waals surface area (Å²) < 4.78 is 1.14. The van der Waals surface area contributed by atoms with Crippen molar-refractivity contribution in [3.8, 4) is 5.75 Å². The molecule has 53 heavy (non-hydrogen) atoms. The number of benzene rings is 1. The summed E-state index contributed by atoms with van der Waals surface area (Å²) in [6, 6.07) is -5.14. The third-order valence-electron chi connectivity index (χ3n) is 7.73. The van der Waals surface area contributed by atoms with Gasteiger partial charge >= 0.3 is 11.9 Å². The van der Waals surface area contributed by atoms with E-state index in [9.17, 15) is 53.7 Å². The van der Waals surface area contributed by atoms with E-state index in [2.05, 4.69) is 26.6 Å². The first-order chi connectivity index (χ1) is 24.4. The van der Waals surface area contributed by atoms with Crippen LogP contribution >= 0.6 is 45.2 Å². The molecule has 0 fully saturated rings. The molecular weight excluding hydrogens is 924 g/mol. The van der Waals surface area contributed by atoms with Crippen molar-refractivity contribution < 1.29 is 53.7 Å². The van der Waals surface area contributed by atoms with Gasteiger partial charge in [-0.3, -0.25) is 33.6 Å². The quantitative estimate of drug-likeness (QED) is 0.0710. The normalized spacial score (nSPS) is 14.6. The molecule has 1 rings (SSSR count). The van der Waals surface area contributed by atoms with Crippen LogP contribution in [0.1, 0.15) is 66.4 Å². The number of aliphatic carboxylic acids is 2. The molecule has 296 valence electrons. The SMILES string of the molecule is CC(C)C[C@H](NC(=O)[C@H](CC(=O)O)NC(=O)[C@H](CC(N)=O)NC(=O)[C@@H](NC(=O)[C@@H](NC(=O)[C@@H](N)Cc1cc(I)c(O)c(I)c1)C(C)C)C(C)C)C(=O)O. The third-order valence-corrected chi connectivity index (χ3v) is 9.38. The number of nitrogens with one attached hydrogen (secondary N) is 5. The lowest BCUT2D eigenvalue weighted by Gasteiger charge is -2.29. The molecule has 0 aromatic heterocycles. The van der Waals surface area contributed by atoms with Crippen molar-refractivity contribution in [2.75, 3.05) is 0 Å². The highest BCUT2D eigenvalue weighted by molar-refractivity contribution is 14.1. The van der Waals surface area contributed by atoms with E-state index in [-0.39, 0.29) is 24.5 Å². The minimum atomic E-state index is -1.80. The molecule has 1 aromatic rings. The number of primary amides is 1. The maximum Gasteiger partial charge on any atom is 0.326 e. The minimum absolute atomic E-state index is 0.00434. The van der Waals surface area contributed by atoms with Gasteiger partial charge in [0.15, 0.2) is 0 Å². The van der Waals surface area contributed by atoms with Gasteiger partial charge in [0.2, 0.25) is 35.4 Å². The highest BCUT2D eigenvalue weighted by Crippen LogP contribution is 2.27. The number of carbonyl (C=O) groups excluding carboxylic acids is 6. The number of amides is 6. The first-order valence-electron chi connectivity index (χ1n) is 16.6. The van der Waals surface area contributed by atoms with Crippen LogP contribution in [0, 0.1) is 24.9 Å². The molecular formula is C33H49I2N7O11. The molecule has 0 heterocycles. The second kappa shape index (κ2) is 21.8. The van der Waals surface area contributed by atoms with Gasteiger partial charge in [-0.25, -0.2) is 4.79 Å². The van der Waals surface area contributed by atoms with E-state index in [1.807, 2.05) is 45.2 Å². The van der Waals surface area contributed by atoms with Crippen molar-refractivity contribution in [3.63, 3.8) is 0 Å². The first-order valence-corrected chi connectivity index (χ1v) is 18.8. The molecule has 18 nitrogen and oxygen atoms in total. The van der Waals surface area contributed by atoms with Crippen LogP contribution in [0.3, 0.4) is 0 Å². The summed E-state index contributed by atoms with van der Waals surface area (Å²) in [4.78, 5) is 101. The van der Waals surface area contributed by atoms with Gasteiger partial charge in [0, 0.05) is 0 Å². The Hall–Kier alpha value is -3.80. The Labute approximate surface area is 334 Å². The monoisotopic (exact) mass is 973 g/mol. The zero-order valence-electron chi connectivity index (χ0n) is 30.2. The topological polar surface area (TPSA) is 309 Å². The van der Waals surface area contributed by atoms with Gasteiger partial charge in [0.25, 0.3) is 0 Å². The number of phenols is 1.